The summed E-state index contributed by atoms with van der Waals surface area (Å²) >= 11 is 6.86. The largest absolute Gasteiger partial charge is 0.389 e. The minimum absolute atomic E-state index is 0.447. The molecule has 1 aliphatic rings. The van der Waals surface area contributed by atoms with Gasteiger partial charge in [0.15, 0.2) is 0 Å². The summed E-state index contributed by atoms with van der Waals surface area (Å²) in [4.78, 5) is 1.62. The number of nitrogens with one attached hydrogen (secondary N) is 1. The lowest BCUT2D eigenvalue weighted by Crippen LogP contribution is -2.33. The molecular weight excluding hydrogens is 260 g/mol. The molecule has 98 valence electrons. The maximum atomic E-state index is 5.85. The molecule has 0 bridgehead atoms. The molecule has 0 aliphatic heterocycles. The van der Waals surface area contributed by atoms with Gasteiger partial charge in [-0.1, -0.05) is 31.6 Å². The van der Waals surface area contributed by atoms with Crippen molar-refractivity contribution in [2.24, 2.45) is 11.1 Å². The van der Waals surface area contributed by atoms with E-state index in [1.807, 2.05) is 6.26 Å². The van der Waals surface area contributed by atoms with Crippen molar-refractivity contribution < 1.29 is 0 Å². The van der Waals surface area contributed by atoms with Gasteiger partial charge < -0.3 is 11.1 Å². The number of thioether (sulfide) groups is 1. The van der Waals surface area contributed by atoms with Crippen LogP contribution in [0.3, 0.4) is 0 Å². The third-order valence-corrected chi connectivity index (χ3v) is 4.74. The van der Waals surface area contributed by atoms with Gasteiger partial charge in [0.05, 0.1) is 0 Å². The van der Waals surface area contributed by atoms with Crippen LogP contribution in [-0.4, -0.2) is 17.8 Å². The van der Waals surface area contributed by atoms with Crippen molar-refractivity contribution in [1.82, 2.24) is 0 Å². The van der Waals surface area contributed by atoms with Crippen LogP contribution in [0.15, 0.2) is 23.1 Å². The lowest BCUT2D eigenvalue weighted by molar-refractivity contribution is 0.180. The highest BCUT2D eigenvalue weighted by molar-refractivity contribution is 7.98. The summed E-state index contributed by atoms with van der Waals surface area (Å²) < 4.78 is 0. The molecule has 1 aliphatic carbocycles. The number of nitrogens with two attached hydrogens (primary N) is 1. The van der Waals surface area contributed by atoms with Gasteiger partial charge in [-0.3, -0.25) is 0 Å². The van der Waals surface area contributed by atoms with Crippen LogP contribution in [0.25, 0.3) is 0 Å². The minimum atomic E-state index is 0.447. The second-order valence-corrected chi connectivity index (χ2v) is 6.55. The van der Waals surface area contributed by atoms with E-state index in [9.17, 15) is 0 Å². The predicted octanol–water partition coefficient (Wildman–Crippen LogP) is 3.64. The molecule has 3 N–H and O–H groups in total. The van der Waals surface area contributed by atoms with Crippen molar-refractivity contribution >= 4 is 34.7 Å². The molecule has 1 aromatic rings. The van der Waals surface area contributed by atoms with Gasteiger partial charge in [-0.2, -0.15) is 0 Å². The molecule has 1 fully saturated rings. The summed E-state index contributed by atoms with van der Waals surface area (Å²) in [5.74, 6) is 0. The van der Waals surface area contributed by atoms with Crippen LogP contribution in [0.2, 0.25) is 0 Å². The first-order chi connectivity index (χ1) is 8.56. The Morgan fingerprint density at radius 2 is 2.22 bits per heavy atom. The summed E-state index contributed by atoms with van der Waals surface area (Å²) in [6.45, 7) is 3.34. The first-order valence-electron chi connectivity index (χ1n) is 6.26. The van der Waals surface area contributed by atoms with E-state index in [0.717, 1.165) is 22.7 Å². The molecule has 0 radical (unpaired) electrons. The van der Waals surface area contributed by atoms with Crippen LogP contribution in [-0.2, 0) is 0 Å². The molecule has 18 heavy (non-hydrogen) atoms. The van der Waals surface area contributed by atoms with E-state index in [-0.39, 0.29) is 0 Å². The zero-order chi connectivity index (χ0) is 13.2. The first kappa shape index (κ1) is 13.7. The minimum Gasteiger partial charge on any atom is -0.389 e. The van der Waals surface area contributed by atoms with Gasteiger partial charge >= 0.3 is 0 Å². The van der Waals surface area contributed by atoms with Crippen LogP contribution < -0.4 is 11.1 Å². The summed E-state index contributed by atoms with van der Waals surface area (Å²) in [6, 6.07) is 6.19. The Labute approximate surface area is 119 Å². The Hall–Kier alpha value is -0.740. The maximum absolute atomic E-state index is 5.85. The Kier molecular flexibility index (Phi) is 4.17. The predicted molar refractivity (Wildman–Crippen MR) is 84.6 cm³/mol. The van der Waals surface area contributed by atoms with Crippen LogP contribution in [0.1, 0.15) is 31.7 Å². The monoisotopic (exact) mass is 280 g/mol. The molecule has 0 atom stereocenters. The molecule has 1 aromatic carbocycles. The standard InChI is InChI=1S/C14H20N2S2/c1-14(7-4-8-14)9-16-10-5-3-6-11(18-2)12(10)13(15)17/h3,5-6,16H,4,7-9H2,1-2H3,(H2,15,17). The highest BCUT2D eigenvalue weighted by Gasteiger charge is 2.31. The van der Waals surface area contributed by atoms with Crippen molar-refractivity contribution in [3.8, 4) is 0 Å². The Morgan fingerprint density at radius 1 is 1.50 bits per heavy atom. The van der Waals surface area contributed by atoms with E-state index in [0.29, 0.717) is 10.4 Å². The first-order valence-corrected chi connectivity index (χ1v) is 7.90. The number of rotatable bonds is 5. The van der Waals surface area contributed by atoms with Crippen LogP contribution >= 0.6 is 24.0 Å². The zero-order valence-electron chi connectivity index (χ0n) is 11.0. The SMILES string of the molecule is CSc1cccc(NCC2(C)CCC2)c1C(N)=S. The average molecular weight is 280 g/mol. The van der Waals surface area contributed by atoms with Gasteiger partial charge in [0.2, 0.25) is 0 Å². The lowest BCUT2D eigenvalue weighted by Gasteiger charge is -2.39. The highest BCUT2D eigenvalue weighted by Crippen LogP contribution is 2.40. The second-order valence-electron chi connectivity index (χ2n) is 5.26. The number of hydrogen-bond donors (Lipinski definition) is 2. The molecule has 0 unspecified atom stereocenters. The average Bonchev–Trinajstić information content (AvgIpc) is 2.33. The third kappa shape index (κ3) is 2.81. The third-order valence-electron chi connectivity index (χ3n) is 3.76. The second kappa shape index (κ2) is 5.49. The molecule has 0 saturated heterocycles. The number of thiocarbonyl (C=S) groups is 1. The topological polar surface area (TPSA) is 38.0 Å². The van der Waals surface area contributed by atoms with E-state index in [1.54, 1.807) is 11.8 Å². The summed E-state index contributed by atoms with van der Waals surface area (Å²) in [5, 5.41) is 3.53. The Morgan fingerprint density at radius 3 is 2.72 bits per heavy atom. The quantitative estimate of drug-likeness (QED) is 0.638. The van der Waals surface area contributed by atoms with Gasteiger partial charge in [0.1, 0.15) is 4.99 Å². The van der Waals surface area contributed by atoms with Gasteiger partial charge in [0.25, 0.3) is 0 Å². The molecule has 0 aromatic heterocycles. The van der Waals surface area contributed by atoms with Gasteiger partial charge in [-0.15, -0.1) is 11.8 Å². The normalized spacial score (nSPS) is 17.0. The van der Waals surface area contributed by atoms with E-state index >= 15 is 0 Å². The fraction of sp³-hybridized carbons (Fsp3) is 0.500. The smallest absolute Gasteiger partial charge is 0.107 e. The number of benzene rings is 1. The van der Waals surface area contributed by atoms with Crippen LogP contribution in [0, 0.1) is 5.41 Å². The van der Waals surface area contributed by atoms with Crippen molar-refractivity contribution in [3.05, 3.63) is 23.8 Å². The van der Waals surface area contributed by atoms with Crippen molar-refractivity contribution in [1.29, 1.82) is 0 Å². The number of hydrogen-bond acceptors (Lipinski definition) is 3. The van der Waals surface area contributed by atoms with Gasteiger partial charge in [-0.05, 0) is 36.6 Å². The van der Waals surface area contributed by atoms with Crippen molar-refractivity contribution in [2.75, 3.05) is 18.1 Å². The summed E-state index contributed by atoms with van der Waals surface area (Å²) in [5.41, 5.74) is 8.36. The van der Waals surface area contributed by atoms with E-state index in [1.165, 1.54) is 19.3 Å². The molecule has 2 nitrogen and oxygen atoms in total. The van der Waals surface area contributed by atoms with E-state index in [4.69, 9.17) is 18.0 Å². The fourth-order valence-electron chi connectivity index (χ4n) is 2.37. The van der Waals surface area contributed by atoms with Crippen LogP contribution in [0.4, 0.5) is 5.69 Å². The molecule has 4 heteroatoms. The van der Waals surface area contributed by atoms with E-state index in [2.05, 4.69) is 30.4 Å². The molecule has 2 rings (SSSR count). The van der Waals surface area contributed by atoms with E-state index < -0.39 is 0 Å². The van der Waals surface area contributed by atoms with Gasteiger partial charge in [-0.25, -0.2) is 0 Å². The summed E-state index contributed by atoms with van der Waals surface area (Å²) in [7, 11) is 0. The molecule has 0 spiro atoms. The highest BCUT2D eigenvalue weighted by atomic mass is 32.2. The van der Waals surface area contributed by atoms with Gasteiger partial charge in [0, 0.05) is 22.7 Å². The number of anilines is 1. The molecule has 0 heterocycles. The zero-order valence-corrected chi connectivity index (χ0v) is 12.6. The van der Waals surface area contributed by atoms with Crippen LogP contribution in [0.5, 0.6) is 0 Å². The Bertz CT molecular complexity index is 453. The fourth-order valence-corrected chi connectivity index (χ4v) is 3.29. The Balaban J connectivity index is 2.18. The van der Waals surface area contributed by atoms with Crippen molar-refractivity contribution in [3.63, 3.8) is 0 Å². The lowest BCUT2D eigenvalue weighted by atomic mass is 9.70. The molecule has 0 amide bonds. The summed E-state index contributed by atoms with van der Waals surface area (Å²) in [6.07, 6.45) is 6.02. The van der Waals surface area contributed by atoms with Crippen molar-refractivity contribution in [2.45, 2.75) is 31.1 Å². The molecular formula is C14H20N2S2. The molecule has 1 saturated carbocycles. The maximum Gasteiger partial charge on any atom is 0.107 e.